The van der Waals surface area contributed by atoms with Gasteiger partial charge in [0.05, 0.1) is 17.8 Å². The number of rotatable bonds is 4. The molecule has 0 aliphatic rings. The summed E-state index contributed by atoms with van der Waals surface area (Å²) < 4.78 is 0. The highest BCUT2D eigenvalue weighted by atomic mass is 16.2. The first-order chi connectivity index (χ1) is 11.6. The molecule has 0 saturated carbocycles. The largest absolute Gasteiger partial charge is 0.288 e. The van der Waals surface area contributed by atoms with Crippen LogP contribution in [0.1, 0.15) is 27.4 Å². The first kappa shape index (κ1) is 15.8. The minimum Gasteiger partial charge on any atom is -0.288 e. The molecule has 0 atom stereocenters. The van der Waals surface area contributed by atoms with E-state index in [0.717, 1.165) is 5.56 Å². The van der Waals surface area contributed by atoms with E-state index in [1.807, 2.05) is 62.4 Å². The molecule has 5 nitrogen and oxygen atoms in total. The molecule has 1 amide bonds. The van der Waals surface area contributed by atoms with Crippen molar-refractivity contribution in [2.75, 3.05) is 4.90 Å². The zero-order valence-electron chi connectivity index (χ0n) is 13.7. The summed E-state index contributed by atoms with van der Waals surface area (Å²) in [4.78, 5) is 27.5. The predicted molar refractivity (Wildman–Crippen MR) is 92.7 cm³/mol. The van der Waals surface area contributed by atoms with E-state index in [4.69, 9.17) is 0 Å². The van der Waals surface area contributed by atoms with Crippen molar-refractivity contribution in [3.8, 4) is 0 Å². The lowest BCUT2D eigenvalue weighted by atomic mass is 10.1. The number of amides is 1. The van der Waals surface area contributed by atoms with E-state index >= 15 is 0 Å². The van der Waals surface area contributed by atoms with Crippen LogP contribution in [0.3, 0.4) is 0 Å². The summed E-state index contributed by atoms with van der Waals surface area (Å²) in [6.07, 6.45) is 3.26. The minimum absolute atomic E-state index is 0.157. The second-order valence-corrected chi connectivity index (χ2v) is 5.48. The van der Waals surface area contributed by atoms with Gasteiger partial charge in [0.15, 0.2) is 0 Å². The van der Waals surface area contributed by atoms with Crippen LogP contribution in [0.25, 0.3) is 0 Å². The van der Waals surface area contributed by atoms with E-state index in [2.05, 4.69) is 15.0 Å². The average Bonchev–Trinajstić information content (AvgIpc) is 2.61. The third-order valence-electron chi connectivity index (χ3n) is 3.68. The lowest BCUT2D eigenvalue weighted by Gasteiger charge is -2.22. The van der Waals surface area contributed by atoms with Crippen molar-refractivity contribution in [1.29, 1.82) is 0 Å². The molecule has 5 heteroatoms. The van der Waals surface area contributed by atoms with Gasteiger partial charge in [-0.05, 0) is 31.5 Å². The van der Waals surface area contributed by atoms with Crippen LogP contribution in [0, 0.1) is 13.8 Å². The maximum atomic E-state index is 13.1. The van der Waals surface area contributed by atoms with Crippen LogP contribution < -0.4 is 4.90 Å². The van der Waals surface area contributed by atoms with Crippen LogP contribution in [-0.4, -0.2) is 20.9 Å². The van der Waals surface area contributed by atoms with Crippen molar-refractivity contribution in [2.45, 2.75) is 20.4 Å². The van der Waals surface area contributed by atoms with Crippen LogP contribution in [0.15, 0.2) is 60.9 Å². The number of aryl methyl sites for hydroxylation is 2. The molecule has 0 radical (unpaired) electrons. The number of hydrogen-bond donors (Lipinski definition) is 0. The number of benzene rings is 1. The minimum atomic E-state index is -0.157. The van der Waals surface area contributed by atoms with Gasteiger partial charge in [-0.1, -0.05) is 36.4 Å². The van der Waals surface area contributed by atoms with E-state index in [0.29, 0.717) is 29.4 Å². The highest BCUT2D eigenvalue weighted by Crippen LogP contribution is 2.18. The summed E-state index contributed by atoms with van der Waals surface area (Å²) in [6.45, 7) is 4.06. The summed E-state index contributed by atoms with van der Waals surface area (Å²) in [6, 6.07) is 15.4. The molecule has 0 aliphatic carbocycles. The standard InChI is InChI=1S/C19H18N4O/c1-14-17(12-21-15(2)22-14)19(24)23(18-10-6-7-11-20-18)13-16-8-4-3-5-9-16/h3-12H,13H2,1-2H3. The smallest absolute Gasteiger partial charge is 0.263 e. The Morgan fingerprint density at radius 2 is 1.75 bits per heavy atom. The van der Waals surface area contributed by atoms with Gasteiger partial charge in [-0.15, -0.1) is 0 Å². The molecule has 0 saturated heterocycles. The third kappa shape index (κ3) is 3.46. The van der Waals surface area contributed by atoms with Crippen LogP contribution in [0.4, 0.5) is 5.82 Å². The molecule has 0 spiro atoms. The van der Waals surface area contributed by atoms with Crippen molar-refractivity contribution in [3.05, 3.63) is 83.6 Å². The van der Waals surface area contributed by atoms with Crippen molar-refractivity contribution >= 4 is 11.7 Å². The second kappa shape index (κ2) is 7.00. The Labute approximate surface area is 141 Å². The van der Waals surface area contributed by atoms with E-state index < -0.39 is 0 Å². The maximum absolute atomic E-state index is 13.1. The van der Waals surface area contributed by atoms with E-state index in [1.54, 1.807) is 17.3 Å². The Morgan fingerprint density at radius 3 is 2.42 bits per heavy atom. The lowest BCUT2D eigenvalue weighted by molar-refractivity contribution is 0.0983. The quantitative estimate of drug-likeness (QED) is 0.740. The van der Waals surface area contributed by atoms with Gasteiger partial charge in [0, 0.05) is 12.4 Å². The molecule has 2 aromatic heterocycles. The Bertz CT molecular complexity index is 835. The summed E-state index contributed by atoms with van der Waals surface area (Å²) in [5, 5.41) is 0. The zero-order chi connectivity index (χ0) is 16.9. The number of anilines is 1. The fourth-order valence-electron chi connectivity index (χ4n) is 2.47. The lowest BCUT2D eigenvalue weighted by Crippen LogP contribution is -2.32. The van der Waals surface area contributed by atoms with Crippen molar-refractivity contribution < 1.29 is 4.79 Å². The van der Waals surface area contributed by atoms with Crippen LogP contribution in [-0.2, 0) is 6.54 Å². The van der Waals surface area contributed by atoms with Gasteiger partial charge in [-0.3, -0.25) is 9.69 Å². The maximum Gasteiger partial charge on any atom is 0.263 e. The highest BCUT2D eigenvalue weighted by molar-refractivity contribution is 6.06. The number of carbonyl (C=O) groups is 1. The normalized spacial score (nSPS) is 10.4. The second-order valence-electron chi connectivity index (χ2n) is 5.48. The first-order valence-electron chi connectivity index (χ1n) is 7.72. The van der Waals surface area contributed by atoms with Crippen molar-refractivity contribution in [2.24, 2.45) is 0 Å². The van der Waals surface area contributed by atoms with Crippen molar-refractivity contribution in [1.82, 2.24) is 15.0 Å². The SMILES string of the molecule is Cc1ncc(C(=O)N(Cc2ccccc2)c2ccccn2)c(C)n1. The summed E-state index contributed by atoms with van der Waals surface area (Å²) in [7, 11) is 0. The van der Waals surface area contributed by atoms with Gasteiger partial charge < -0.3 is 0 Å². The highest BCUT2D eigenvalue weighted by Gasteiger charge is 2.21. The Kier molecular flexibility index (Phi) is 4.61. The molecule has 0 bridgehead atoms. The third-order valence-corrected chi connectivity index (χ3v) is 3.68. The monoisotopic (exact) mass is 318 g/mol. The Balaban J connectivity index is 1.99. The van der Waals surface area contributed by atoms with Crippen LogP contribution >= 0.6 is 0 Å². The van der Waals surface area contributed by atoms with E-state index in [9.17, 15) is 4.79 Å². The fourth-order valence-corrected chi connectivity index (χ4v) is 2.47. The first-order valence-corrected chi connectivity index (χ1v) is 7.72. The molecule has 3 rings (SSSR count). The van der Waals surface area contributed by atoms with Gasteiger partial charge >= 0.3 is 0 Å². The van der Waals surface area contributed by atoms with E-state index in [-0.39, 0.29) is 5.91 Å². The molecule has 2 heterocycles. The van der Waals surface area contributed by atoms with Crippen molar-refractivity contribution in [3.63, 3.8) is 0 Å². The Morgan fingerprint density at radius 1 is 1.00 bits per heavy atom. The van der Waals surface area contributed by atoms with E-state index in [1.165, 1.54) is 0 Å². The fraction of sp³-hybridized carbons (Fsp3) is 0.158. The number of hydrogen-bond acceptors (Lipinski definition) is 4. The molecule has 0 N–H and O–H groups in total. The summed E-state index contributed by atoms with van der Waals surface area (Å²) >= 11 is 0. The summed E-state index contributed by atoms with van der Waals surface area (Å²) in [5.41, 5.74) is 2.19. The number of aromatic nitrogens is 3. The molecule has 1 aromatic carbocycles. The van der Waals surface area contributed by atoms with Gasteiger partial charge in [-0.2, -0.15) is 0 Å². The molecule has 120 valence electrons. The Hall–Kier alpha value is -3.08. The molecular formula is C19H18N4O. The molecule has 3 aromatic rings. The number of pyridine rings is 1. The molecule has 0 aliphatic heterocycles. The van der Waals surface area contributed by atoms with Gasteiger partial charge in [0.1, 0.15) is 11.6 Å². The average molecular weight is 318 g/mol. The van der Waals surface area contributed by atoms with Crippen LogP contribution in [0.5, 0.6) is 0 Å². The molecule has 24 heavy (non-hydrogen) atoms. The summed E-state index contributed by atoms with van der Waals surface area (Å²) in [5.74, 6) is 1.10. The van der Waals surface area contributed by atoms with Gasteiger partial charge in [0.25, 0.3) is 5.91 Å². The van der Waals surface area contributed by atoms with Gasteiger partial charge in [-0.25, -0.2) is 15.0 Å². The van der Waals surface area contributed by atoms with Gasteiger partial charge in [0.2, 0.25) is 0 Å². The molecular weight excluding hydrogens is 300 g/mol. The topological polar surface area (TPSA) is 59.0 Å². The number of carbonyl (C=O) groups excluding carboxylic acids is 1. The molecule has 0 unspecified atom stereocenters. The van der Waals surface area contributed by atoms with Crippen LogP contribution in [0.2, 0.25) is 0 Å². The molecule has 0 fully saturated rings. The zero-order valence-corrected chi connectivity index (χ0v) is 13.7. The number of nitrogens with zero attached hydrogens (tertiary/aromatic N) is 4. The predicted octanol–water partition coefficient (Wildman–Crippen LogP) is 3.34.